The lowest BCUT2D eigenvalue weighted by Crippen LogP contribution is -2.49. The molecule has 0 radical (unpaired) electrons. The maximum Gasteiger partial charge on any atom is 0.252 e. The van der Waals surface area contributed by atoms with Crippen LogP contribution >= 0.6 is 23.2 Å². The molecule has 258 valence electrons. The van der Waals surface area contributed by atoms with Crippen LogP contribution in [0.25, 0.3) is 0 Å². The van der Waals surface area contributed by atoms with Crippen molar-refractivity contribution in [1.82, 2.24) is 9.88 Å². The number of aromatic nitrogens is 1. The fourth-order valence-electron chi connectivity index (χ4n) is 6.76. The molecule has 1 aromatic heterocycles. The fourth-order valence-corrected chi connectivity index (χ4v) is 8.15. The lowest BCUT2D eigenvalue weighted by atomic mass is 9.62. The van der Waals surface area contributed by atoms with E-state index in [0.29, 0.717) is 35.8 Å². The smallest absolute Gasteiger partial charge is 0.252 e. The highest BCUT2D eigenvalue weighted by molar-refractivity contribution is 6.74. The lowest BCUT2D eigenvalue weighted by Gasteiger charge is -2.37. The number of nitrogens with zero attached hydrogens (tertiary/aromatic N) is 1. The second kappa shape index (κ2) is 13.0. The number of halogens is 3. The Kier molecular flexibility index (Phi) is 9.84. The predicted molar refractivity (Wildman–Crippen MR) is 193 cm³/mol. The Labute approximate surface area is 292 Å². The summed E-state index contributed by atoms with van der Waals surface area (Å²) in [7, 11) is -1.98. The molecule has 3 N–H and O–H groups in total. The van der Waals surface area contributed by atoms with Gasteiger partial charge in [0.2, 0.25) is 11.8 Å². The van der Waals surface area contributed by atoms with E-state index in [1.54, 1.807) is 47.2 Å². The van der Waals surface area contributed by atoms with Gasteiger partial charge in [-0.25, -0.2) is 4.39 Å². The number of rotatable bonds is 8. The highest BCUT2D eigenvalue weighted by atomic mass is 35.5. The maximum absolute atomic E-state index is 16.0. The standard InChI is InChI=1S/C36H45Cl2FN4O4Si/c1-34(2,3)20-27-36(24-13-12-21(37)18-26(24)41-33(36)46)29(23-10-9-11-25(38)30(23)39)31(42-27)32(45)40-22-14-15-43(28(44)19-22)16-17-47-48(7,8)35(4,5)6/h9-15,18-19,27,29,31,42H,16-17,20H2,1-8H3,(H,40,45)(H,41,46)/t27-,29-,31+,36+/m0/s1. The van der Waals surface area contributed by atoms with Gasteiger partial charge in [-0.2, -0.15) is 0 Å². The van der Waals surface area contributed by atoms with Crippen LogP contribution in [0.5, 0.6) is 0 Å². The molecule has 48 heavy (non-hydrogen) atoms. The molecular weight excluding hydrogens is 670 g/mol. The molecule has 0 aliphatic carbocycles. The van der Waals surface area contributed by atoms with E-state index in [2.05, 4.69) is 49.8 Å². The van der Waals surface area contributed by atoms with Gasteiger partial charge in [0, 0.05) is 47.2 Å². The summed E-state index contributed by atoms with van der Waals surface area (Å²) < 4.78 is 23.8. The molecule has 0 unspecified atom stereocenters. The average molecular weight is 716 g/mol. The van der Waals surface area contributed by atoms with Crippen molar-refractivity contribution in [3.05, 3.63) is 92.1 Å². The Morgan fingerprint density at radius 1 is 1.06 bits per heavy atom. The summed E-state index contributed by atoms with van der Waals surface area (Å²) in [5.41, 5.74) is -0.386. The quantitative estimate of drug-likeness (QED) is 0.208. The van der Waals surface area contributed by atoms with Crippen LogP contribution in [-0.2, 0) is 26.0 Å². The third kappa shape index (κ3) is 6.74. The van der Waals surface area contributed by atoms with Gasteiger partial charge < -0.3 is 24.9 Å². The molecule has 1 saturated heterocycles. The first-order valence-corrected chi connectivity index (χ1v) is 19.9. The van der Waals surface area contributed by atoms with Crippen molar-refractivity contribution in [2.45, 2.75) is 96.1 Å². The van der Waals surface area contributed by atoms with Crippen molar-refractivity contribution in [1.29, 1.82) is 0 Å². The number of nitrogens with one attached hydrogen (secondary N) is 3. The van der Waals surface area contributed by atoms with Crippen LogP contribution in [0.1, 0.15) is 65.0 Å². The van der Waals surface area contributed by atoms with E-state index in [1.165, 1.54) is 12.1 Å². The summed E-state index contributed by atoms with van der Waals surface area (Å²) in [6.07, 6.45) is 2.11. The summed E-state index contributed by atoms with van der Waals surface area (Å²) in [5.74, 6) is -2.57. The van der Waals surface area contributed by atoms with E-state index >= 15 is 4.39 Å². The van der Waals surface area contributed by atoms with E-state index in [9.17, 15) is 14.4 Å². The molecule has 1 fully saturated rings. The molecule has 1 spiro atoms. The van der Waals surface area contributed by atoms with Crippen molar-refractivity contribution in [2.24, 2.45) is 5.41 Å². The Morgan fingerprint density at radius 3 is 2.42 bits per heavy atom. The number of pyridine rings is 1. The first-order valence-electron chi connectivity index (χ1n) is 16.2. The number of fused-ring (bicyclic) bond motifs is 2. The van der Waals surface area contributed by atoms with Crippen LogP contribution in [0.2, 0.25) is 28.2 Å². The van der Waals surface area contributed by atoms with Crippen LogP contribution in [0.15, 0.2) is 59.5 Å². The zero-order chi connectivity index (χ0) is 35.4. The van der Waals surface area contributed by atoms with Crippen molar-refractivity contribution < 1.29 is 18.4 Å². The number of hydrogen-bond donors (Lipinski definition) is 3. The summed E-state index contributed by atoms with van der Waals surface area (Å²) in [4.78, 5) is 41.7. The molecular formula is C36H45Cl2FN4O4Si. The molecule has 3 aromatic rings. The molecule has 2 aromatic carbocycles. The fraction of sp³-hybridized carbons (Fsp3) is 0.472. The summed E-state index contributed by atoms with van der Waals surface area (Å²) in [5, 5.41) is 9.67. The third-order valence-electron chi connectivity index (χ3n) is 10.1. The van der Waals surface area contributed by atoms with Gasteiger partial charge >= 0.3 is 0 Å². The monoisotopic (exact) mass is 714 g/mol. The minimum atomic E-state index is -1.98. The lowest BCUT2D eigenvalue weighted by molar-refractivity contribution is -0.122. The molecule has 2 amide bonds. The topological polar surface area (TPSA) is 101 Å². The zero-order valence-electron chi connectivity index (χ0n) is 28.8. The van der Waals surface area contributed by atoms with Gasteiger partial charge in [0.25, 0.3) is 5.56 Å². The molecule has 0 bridgehead atoms. The van der Waals surface area contributed by atoms with Gasteiger partial charge in [-0.15, -0.1) is 0 Å². The number of amides is 2. The Bertz CT molecular complexity index is 1800. The Morgan fingerprint density at radius 2 is 1.77 bits per heavy atom. The largest absolute Gasteiger partial charge is 0.415 e. The number of anilines is 2. The first kappa shape index (κ1) is 36.3. The molecule has 0 saturated carbocycles. The highest BCUT2D eigenvalue weighted by Gasteiger charge is 2.66. The number of carbonyl (C=O) groups is 2. The average Bonchev–Trinajstić information content (AvgIpc) is 3.44. The maximum atomic E-state index is 16.0. The van der Waals surface area contributed by atoms with E-state index in [0.717, 1.165) is 0 Å². The van der Waals surface area contributed by atoms with Crippen molar-refractivity contribution in [3.63, 3.8) is 0 Å². The highest BCUT2D eigenvalue weighted by Crippen LogP contribution is 2.57. The van der Waals surface area contributed by atoms with E-state index in [1.807, 2.05) is 20.8 Å². The Balaban J connectivity index is 1.52. The summed E-state index contributed by atoms with van der Waals surface area (Å²) >= 11 is 12.6. The van der Waals surface area contributed by atoms with E-state index in [4.69, 9.17) is 27.6 Å². The first-order chi connectivity index (χ1) is 22.3. The SMILES string of the molecule is CC(C)(C)C[C@@H]1N[C@@H](C(=O)Nc2ccn(CCO[Si](C)(C)C(C)(C)C)c(=O)c2)[C@H](c2cccc(Cl)c2F)[C@]12C(=O)Nc1cc(Cl)ccc12. The molecule has 4 atom stereocenters. The van der Waals surface area contributed by atoms with E-state index in [-0.39, 0.29) is 38.2 Å². The van der Waals surface area contributed by atoms with Gasteiger partial charge in [0.05, 0.1) is 17.7 Å². The Hall–Kier alpha value is -3.02. The molecule has 2 aliphatic rings. The summed E-state index contributed by atoms with van der Waals surface area (Å²) in [6, 6.07) is 11.1. The number of benzene rings is 2. The minimum Gasteiger partial charge on any atom is -0.415 e. The third-order valence-corrected chi connectivity index (χ3v) is 15.2. The summed E-state index contributed by atoms with van der Waals surface area (Å²) in [6.45, 7) is 17.7. The van der Waals surface area contributed by atoms with Crippen LogP contribution in [-0.4, -0.2) is 43.4 Å². The number of carbonyl (C=O) groups excluding carboxylic acids is 2. The van der Waals surface area contributed by atoms with Crippen LogP contribution < -0.4 is 21.5 Å². The second-order valence-corrected chi connectivity index (χ2v) is 21.3. The second-order valence-electron chi connectivity index (χ2n) is 15.6. The molecule has 8 nitrogen and oxygen atoms in total. The van der Waals surface area contributed by atoms with Crippen LogP contribution in [0.4, 0.5) is 15.8 Å². The zero-order valence-corrected chi connectivity index (χ0v) is 31.3. The predicted octanol–water partition coefficient (Wildman–Crippen LogP) is 7.71. The van der Waals surface area contributed by atoms with Gasteiger partial charge in [0.15, 0.2) is 8.32 Å². The molecule has 5 rings (SSSR count). The van der Waals surface area contributed by atoms with Crippen molar-refractivity contribution in [3.8, 4) is 0 Å². The van der Waals surface area contributed by atoms with Gasteiger partial charge in [-0.05, 0) is 65.4 Å². The molecule has 2 aliphatic heterocycles. The van der Waals surface area contributed by atoms with E-state index < -0.39 is 43.5 Å². The molecule has 3 heterocycles. The minimum absolute atomic E-state index is 0.0466. The van der Waals surface area contributed by atoms with Crippen LogP contribution in [0, 0.1) is 11.2 Å². The van der Waals surface area contributed by atoms with Gasteiger partial charge in [-0.3, -0.25) is 14.4 Å². The van der Waals surface area contributed by atoms with Crippen LogP contribution in [0.3, 0.4) is 0 Å². The van der Waals surface area contributed by atoms with Gasteiger partial charge in [0.1, 0.15) is 11.2 Å². The number of hydrogen-bond acceptors (Lipinski definition) is 5. The van der Waals surface area contributed by atoms with Gasteiger partial charge in [-0.1, -0.05) is 82.9 Å². The molecule has 12 heteroatoms. The van der Waals surface area contributed by atoms with Crippen molar-refractivity contribution >= 4 is 54.7 Å². The van der Waals surface area contributed by atoms with Crippen molar-refractivity contribution in [2.75, 3.05) is 17.2 Å². The normalized spacial score (nSPS) is 22.6.